The predicted molar refractivity (Wildman–Crippen MR) is 66.6 cm³/mol. The molecule has 0 aromatic carbocycles. The zero-order chi connectivity index (χ0) is 12.3. The number of hydrogen-bond donors (Lipinski definition) is 1. The van der Waals surface area contributed by atoms with Crippen molar-refractivity contribution >= 4 is 22.9 Å². The molecule has 2 aromatic heterocycles. The molecule has 0 saturated carbocycles. The highest BCUT2D eigenvalue weighted by molar-refractivity contribution is 7.07. The Morgan fingerprint density at radius 2 is 2.29 bits per heavy atom. The van der Waals surface area contributed by atoms with Crippen molar-refractivity contribution in [3.8, 4) is 0 Å². The molecular formula is C11H12N4OS. The molecule has 0 bridgehead atoms. The lowest BCUT2D eigenvalue weighted by atomic mass is 10.3. The van der Waals surface area contributed by atoms with E-state index in [-0.39, 0.29) is 5.91 Å². The van der Waals surface area contributed by atoms with Gasteiger partial charge in [-0.15, -0.1) is 11.3 Å². The van der Waals surface area contributed by atoms with Crippen LogP contribution >= 0.6 is 11.3 Å². The Labute approximate surface area is 103 Å². The number of pyridine rings is 1. The van der Waals surface area contributed by atoms with Gasteiger partial charge in [0, 0.05) is 12.4 Å². The van der Waals surface area contributed by atoms with E-state index in [1.165, 1.54) is 17.5 Å². The molecule has 2 aromatic rings. The van der Waals surface area contributed by atoms with Crippen LogP contribution in [-0.2, 0) is 6.54 Å². The zero-order valence-electron chi connectivity index (χ0n) is 9.33. The Bertz CT molecular complexity index is 495. The number of nitrogen functional groups attached to an aromatic ring is 1. The summed E-state index contributed by atoms with van der Waals surface area (Å²) >= 11 is 1.51. The van der Waals surface area contributed by atoms with Crippen molar-refractivity contribution in [2.75, 3.05) is 12.8 Å². The number of thiazole rings is 1. The highest BCUT2D eigenvalue weighted by Gasteiger charge is 2.13. The molecule has 0 radical (unpaired) electrons. The number of nitrogens with two attached hydrogens (primary N) is 1. The molecule has 5 nitrogen and oxygen atoms in total. The molecule has 0 saturated heterocycles. The Morgan fingerprint density at radius 3 is 2.88 bits per heavy atom. The Hall–Kier alpha value is -1.95. The Kier molecular flexibility index (Phi) is 3.34. The van der Waals surface area contributed by atoms with Crippen LogP contribution in [0.4, 0.5) is 5.69 Å². The molecule has 2 rings (SSSR count). The second-order valence-corrected chi connectivity index (χ2v) is 4.34. The van der Waals surface area contributed by atoms with Crippen molar-refractivity contribution in [3.05, 3.63) is 40.6 Å². The summed E-state index contributed by atoms with van der Waals surface area (Å²) in [5, 5.41) is 1.92. The number of rotatable bonds is 3. The largest absolute Gasteiger partial charge is 0.397 e. The maximum Gasteiger partial charge on any atom is 0.272 e. The highest BCUT2D eigenvalue weighted by atomic mass is 32.1. The van der Waals surface area contributed by atoms with E-state index >= 15 is 0 Å². The standard InChI is InChI=1S/C11H12N4OS/c1-15(5-9-6-17-7-14-9)11(16)10-3-2-8(12)4-13-10/h2-4,6-7H,5,12H2,1H3. The quantitative estimate of drug-likeness (QED) is 0.891. The Balaban J connectivity index is 2.07. The van der Waals surface area contributed by atoms with Gasteiger partial charge < -0.3 is 10.6 Å². The van der Waals surface area contributed by atoms with Gasteiger partial charge in [0.25, 0.3) is 5.91 Å². The highest BCUT2D eigenvalue weighted by Crippen LogP contribution is 2.08. The topological polar surface area (TPSA) is 72.1 Å². The summed E-state index contributed by atoms with van der Waals surface area (Å²) in [5.41, 5.74) is 9.07. The van der Waals surface area contributed by atoms with Crippen molar-refractivity contribution in [2.24, 2.45) is 0 Å². The van der Waals surface area contributed by atoms with Crippen molar-refractivity contribution in [1.82, 2.24) is 14.9 Å². The first-order chi connectivity index (χ1) is 8.16. The summed E-state index contributed by atoms with van der Waals surface area (Å²) < 4.78 is 0. The molecule has 17 heavy (non-hydrogen) atoms. The second-order valence-electron chi connectivity index (χ2n) is 3.62. The fourth-order valence-electron chi connectivity index (χ4n) is 1.36. The molecule has 0 aliphatic heterocycles. The third-order valence-corrected chi connectivity index (χ3v) is 2.87. The summed E-state index contributed by atoms with van der Waals surface area (Å²) in [6.45, 7) is 0.481. The normalized spacial score (nSPS) is 10.2. The minimum Gasteiger partial charge on any atom is -0.397 e. The van der Waals surface area contributed by atoms with Crippen LogP contribution in [0.1, 0.15) is 16.2 Å². The van der Waals surface area contributed by atoms with Gasteiger partial charge in [-0.2, -0.15) is 0 Å². The van der Waals surface area contributed by atoms with Crippen LogP contribution in [0, 0.1) is 0 Å². The summed E-state index contributed by atoms with van der Waals surface area (Å²) in [4.78, 5) is 21.7. The average molecular weight is 248 g/mol. The fraction of sp³-hybridized carbons (Fsp3) is 0.182. The Morgan fingerprint density at radius 1 is 1.47 bits per heavy atom. The van der Waals surface area contributed by atoms with E-state index in [4.69, 9.17) is 5.73 Å². The van der Waals surface area contributed by atoms with E-state index in [0.29, 0.717) is 17.9 Å². The number of nitrogens with zero attached hydrogens (tertiary/aromatic N) is 3. The van der Waals surface area contributed by atoms with Gasteiger partial charge in [0.15, 0.2) is 0 Å². The van der Waals surface area contributed by atoms with E-state index in [1.807, 2.05) is 5.38 Å². The van der Waals surface area contributed by atoms with E-state index in [2.05, 4.69) is 9.97 Å². The number of anilines is 1. The van der Waals surface area contributed by atoms with Gasteiger partial charge in [0.05, 0.1) is 29.6 Å². The molecule has 88 valence electrons. The van der Waals surface area contributed by atoms with Crippen LogP contribution in [0.25, 0.3) is 0 Å². The molecule has 0 aliphatic carbocycles. The monoisotopic (exact) mass is 248 g/mol. The molecular weight excluding hydrogens is 236 g/mol. The smallest absolute Gasteiger partial charge is 0.272 e. The van der Waals surface area contributed by atoms with Crippen molar-refractivity contribution in [1.29, 1.82) is 0 Å². The number of carbonyl (C=O) groups excluding carboxylic acids is 1. The molecule has 0 atom stereocenters. The van der Waals surface area contributed by atoms with E-state index in [0.717, 1.165) is 5.69 Å². The lowest BCUT2D eigenvalue weighted by Gasteiger charge is -2.15. The molecule has 0 aliphatic rings. The first-order valence-corrected chi connectivity index (χ1v) is 5.95. The molecule has 2 heterocycles. The average Bonchev–Trinajstić information content (AvgIpc) is 2.82. The molecule has 0 fully saturated rings. The van der Waals surface area contributed by atoms with Gasteiger partial charge in [0.2, 0.25) is 0 Å². The third-order valence-electron chi connectivity index (χ3n) is 2.23. The summed E-state index contributed by atoms with van der Waals surface area (Å²) in [7, 11) is 1.72. The van der Waals surface area contributed by atoms with Crippen LogP contribution in [0.3, 0.4) is 0 Å². The maximum absolute atomic E-state index is 12.0. The van der Waals surface area contributed by atoms with Crippen molar-refractivity contribution in [2.45, 2.75) is 6.54 Å². The number of hydrogen-bond acceptors (Lipinski definition) is 5. The number of carbonyl (C=O) groups is 1. The van der Waals surface area contributed by atoms with E-state index < -0.39 is 0 Å². The second kappa shape index (κ2) is 4.92. The SMILES string of the molecule is CN(Cc1cscn1)C(=O)c1ccc(N)cn1. The molecule has 0 unspecified atom stereocenters. The van der Waals surface area contributed by atoms with Crippen molar-refractivity contribution < 1.29 is 4.79 Å². The minimum atomic E-state index is -0.141. The summed E-state index contributed by atoms with van der Waals surface area (Å²) in [6.07, 6.45) is 1.48. The van der Waals surface area contributed by atoms with E-state index in [1.54, 1.807) is 29.6 Å². The molecule has 1 amide bonds. The van der Waals surface area contributed by atoms with Crippen molar-refractivity contribution in [3.63, 3.8) is 0 Å². The van der Waals surface area contributed by atoms with Gasteiger partial charge in [-0.1, -0.05) is 0 Å². The summed E-state index contributed by atoms with van der Waals surface area (Å²) in [6, 6.07) is 3.28. The lowest BCUT2D eigenvalue weighted by Crippen LogP contribution is -2.27. The molecule has 0 spiro atoms. The van der Waals surface area contributed by atoms with Gasteiger partial charge in [-0.25, -0.2) is 9.97 Å². The van der Waals surface area contributed by atoms with Gasteiger partial charge in [0.1, 0.15) is 5.69 Å². The number of amides is 1. The summed E-state index contributed by atoms with van der Waals surface area (Å²) in [5.74, 6) is -0.141. The van der Waals surface area contributed by atoms with Crippen LogP contribution in [0.5, 0.6) is 0 Å². The maximum atomic E-state index is 12.0. The van der Waals surface area contributed by atoms with Crippen LogP contribution in [0.2, 0.25) is 0 Å². The molecule has 6 heteroatoms. The third kappa shape index (κ3) is 2.79. The minimum absolute atomic E-state index is 0.141. The first-order valence-electron chi connectivity index (χ1n) is 5.01. The number of aromatic nitrogens is 2. The van der Waals surface area contributed by atoms with E-state index in [9.17, 15) is 4.79 Å². The molecule has 2 N–H and O–H groups in total. The first kappa shape index (κ1) is 11.5. The van der Waals surface area contributed by atoms with Gasteiger partial charge >= 0.3 is 0 Å². The van der Waals surface area contributed by atoms with Crippen LogP contribution in [0.15, 0.2) is 29.2 Å². The lowest BCUT2D eigenvalue weighted by molar-refractivity contribution is 0.0778. The van der Waals surface area contributed by atoms with Crippen LogP contribution in [-0.4, -0.2) is 27.8 Å². The fourth-order valence-corrected chi connectivity index (χ4v) is 1.91. The van der Waals surface area contributed by atoms with Crippen LogP contribution < -0.4 is 5.73 Å². The van der Waals surface area contributed by atoms with Gasteiger partial charge in [-0.05, 0) is 12.1 Å². The predicted octanol–water partition coefficient (Wildman–Crippen LogP) is 1.39. The zero-order valence-corrected chi connectivity index (χ0v) is 10.1. The van der Waals surface area contributed by atoms with Gasteiger partial charge in [-0.3, -0.25) is 4.79 Å².